The normalized spacial score (nSPS) is 21.0. The van der Waals surface area contributed by atoms with E-state index in [1.165, 1.54) is 25.8 Å². The van der Waals surface area contributed by atoms with Crippen LogP contribution < -0.4 is 4.74 Å². The minimum absolute atomic E-state index is 0.0855. The summed E-state index contributed by atoms with van der Waals surface area (Å²) in [5.41, 5.74) is 1.60. The maximum atomic E-state index is 12.5. The Labute approximate surface area is 178 Å². The number of carbonyl (C=O) groups excluding carboxylic acids is 1. The molecule has 6 nitrogen and oxygen atoms in total. The zero-order chi connectivity index (χ0) is 20.3. The first-order valence-electron chi connectivity index (χ1n) is 11.6. The minimum atomic E-state index is 0.0855. The quantitative estimate of drug-likeness (QED) is 0.730. The molecule has 0 spiro atoms. The summed E-state index contributed by atoms with van der Waals surface area (Å²) in [7, 11) is 0. The average Bonchev–Trinajstić information content (AvgIpc) is 3.44. The summed E-state index contributed by atoms with van der Waals surface area (Å²) in [6, 6.07) is 8.05. The highest BCUT2D eigenvalue weighted by Crippen LogP contribution is 2.28. The van der Waals surface area contributed by atoms with E-state index in [2.05, 4.69) is 10.00 Å². The van der Waals surface area contributed by atoms with Gasteiger partial charge in [-0.1, -0.05) is 6.42 Å². The predicted molar refractivity (Wildman–Crippen MR) is 116 cm³/mol. The fourth-order valence-corrected chi connectivity index (χ4v) is 4.80. The van der Waals surface area contributed by atoms with Crippen LogP contribution in [0.15, 0.2) is 36.7 Å². The Morgan fingerprint density at radius 2 is 1.70 bits per heavy atom. The zero-order valence-electron chi connectivity index (χ0n) is 17.7. The largest absolute Gasteiger partial charge is 0.490 e. The average molecular weight is 409 g/mol. The Balaban J connectivity index is 1.14. The van der Waals surface area contributed by atoms with E-state index in [0.717, 1.165) is 69.2 Å². The SMILES string of the molecule is O=C(c1cnn(-c2ccc(OC3CCN(CC4CCC4)CC3)cc2)c1)N1CCCC1. The first kappa shape index (κ1) is 19.6. The monoisotopic (exact) mass is 408 g/mol. The van der Waals surface area contributed by atoms with E-state index in [-0.39, 0.29) is 5.91 Å². The number of hydrogen-bond donors (Lipinski definition) is 0. The molecular weight excluding hydrogens is 376 g/mol. The van der Waals surface area contributed by atoms with Crippen LogP contribution in [0.3, 0.4) is 0 Å². The summed E-state index contributed by atoms with van der Waals surface area (Å²) in [4.78, 5) is 17.0. The van der Waals surface area contributed by atoms with Gasteiger partial charge in [-0.05, 0) is 68.7 Å². The van der Waals surface area contributed by atoms with Crippen molar-refractivity contribution in [3.63, 3.8) is 0 Å². The summed E-state index contributed by atoms with van der Waals surface area (Å²) >= 11 is 0. The van der Waals surface area contributed by atoms with Crippen molar-refractivity contribution in [3.8, 4) is 11.4 Å². The maximum absolute atomic E-state index is 12.5. The molecule has 1 amide bonds. The summed E-state index contributed by atoms with van der Waals surface area (Å²) in [6.45, 7) is 5.30. The standard InChI is InChI=1S/C24H32N4O2/c29-24(27-12-1-2-13-27)20-16-25-28(18-20)21-6-8-22(9-7-21)30-23-10-14-26(15-11-23)17-19-4-3-5-19/h6-9,16,18-19,23H,1-5,10-15,17H2. The van der Waals surface area contributed by atoms with Crippen molar-refractivity contribution < 1.29 is 9.53 Å². The third-order valence-electron chi connectivity index (χ3n) is 6.90. The second-order valence-corrected chi connectivity index (χ2v) is 9.08. The molecule has 1 aliphatic carbocycles. The van der Waals surface area contributed by atoms with Crippen LogP contribution >= 0.6 is 0 Å². The first-order chi connectivity index (χ1) is 14.7. The lowest BCUT2D eigenvalue weighted by Crippen LogP contribution is -2.41. The van der Waals surface area contributed by atoms with Crippen molar-refractivity contribution in [2.45, 2.75) is 51.0 Å². The second kappa shape index (κ2) is 8.80. The molecule has 2 aliphatic heterocycles. The summed E-state index contributed by atoms with van der Waals surface area (Å²) in [6.07, 6.45) is 12.5. The van der Waals surface area contributed by atoms with Gasteiger partial charge in [0.1, 0.15) is 11.9 Å². The molecular formula is C24H32N4O2. The van der Waals surface area contributed by atoms with Crippen LogP contribution in [-0.4, -0.2) is 64.3 Å². The van der Waals surface area contributed by atoms with Crippen LogP contribution in [0.25, 0.3) is 5.69 Å². The first-order valence-corrected chi connectivity index (χ1v) is 11.6. The van der Waals surface area contributed by atoms with E-state index in [1.54, 1.807) is 10.9 Å². The molecule has 1 aromatic carbocycles. The number of nitrogens with zero attached hydrogens (tertiary/aromatic N) is 4. The molecule has 3 fully saturated rings. The van der Waals surface area contributed by atoms with E-state index >= 15 is 0 Å². The number of benzene rings is 1. The molecule has 1 aromatic heterocycles. The van der Waals surface area contributed by atoms with Gasteiger partial charge in [0.2, 0.25) is 0 Å². The fourth-order valence-electron chi connectivity index (χ4n) is 4.80. The number of carbonyl (C=O) groups is 1. The van der Waals surface area contributed by atoms with E-state index in [4.69, 9.17) is 4.74 Å². The third-order valence-corrected chi connectivity index (χ3v) is 6.90. The van der Waals surface area contributed by atoms with E-state index in [0.29, 0.717) is 11.7 Å². The lowest BCUT2D eigenvalue weighted by molar-refractivity contribution is 0.0792. The van der Waals surface area contributed by atoms with Crippen LogP contribution in [0.2, 0.25) is 0 Å². The predicted octanol–water partition coefficient (Wildman–Crippen LogP) is 3.75. The van der Waals surface area contributed by atoms with Gasteiger partial charge < -0.3 is 14.5 Å². The molecule has 0 atom stereocenters. The summed E-state index contributed by atoms with van der Waals surface area (Å²) in [5.74, 6) is 1.95. The van der Waals surface area contributed by atoms with Gasteiger partial charge in [0.15, 0.2) is 0 Å². The highest BCUT2D eigenvalue weighted by atomic mass is 16.5. The second-order valence-electron chi connectivity index (χ2n) is 9.08. The molecule has 6 heteroatoms. The third kappa shape index (κ3) is 4.38. The van der Waals surface area contributed by atoms with Gasteiger partial charge in [-0.2, -0.15) is 5.10 Å². The number of hydrogen-bond acceptors (Lipinski definition) is 4. The van der Waals surface area contributed by atoms with Crippen LogP contribution in [0.5, 0.6) is 5.75 Å². The van der Waals surface area contributed by atoms with Gasteiger partial charge in [0.05, 0.1) is 17.4 Å². The lowest BCUT2D eigenvalue weighted by atomic mass is 9.85. The summed E-state index contributed by atoms with van der Waals surface area (Å²) in [5, 5.41) is 4.39. The van der Waals surface area contributed by atoms with Crippen LogP contribution in [0.4, 0.5) is 0 Å². The molecule has 160 valence electrons. The molecule has 1 saturated carbocycles. The van der Waals surface area contributed by atoms with Gasteiger partial charge >= 0.3 is 0 Å². The van der Waals surface area contributed by atoms with Crippen molar-refractivity contribution >= 4 is 5.91 Å². The minimum Gasteiger partial charge on any atom is -0.490 e. The van der Waals surface area contributed by atoms with Gasteiger partial charge in [0, 0.05) is 38.9 Å². The molecule has 0 unspecified atom stereocenters. The van der Waals surface area contributed by atoms with Crippen molar-refractivity contribution in [1.82, 2.24) is 19.6 Å². The van der Waals surface area contributed by atoms with Crippen molar-refractivity contribution in [2.75, 3.05) is 32.7 Å². The Morgan fingerprint density at radius 3 is 2.37 bits per heavy atom. The zero-order valence-corrected chi connectivity index (χ0v) is 17.7. The van der Waals surface area contributed by atoms with Crippen molar-refractivity contribution in [3.05, 3.63) is 42.2 Å². The van der Waals surface area contributed by atoms with Crippen molar-refractivity contribution in [2.24, 2.45) is 5.92 Å². The maximum Gasteiger partial charge on any atom is 0.257 e. The van der Waals surface area contributed by atoms with Gasteiger partial charge in [-0.3, -0.25) is 4.79 Å². The van der Waals surface area contributed by atoms with Gasteiger partial charge in [0.25, 0.3) is 5.91 Å². The number of rotatable bonds is 6. The molecule has 5 rings (SSSR count). The molecule has 2 aromatic rings. The molecule has 2 saturated heterocycles. The summed E-state index contributed by atoms with van der Waals surface area (Å²) < 4.78 is 8.00. The molecule has 0 radical (unpaired) electrons. The number of likely N-dealkylation sites (tertiary alicyclic amines) is 2. The highest BCUT2D eigenvalue weighted by Gasteiger charge is 2.25. The van der Waals surface area contributed by atoms with E-state index in [1.807, 2.05) is 35.4 Å². The van der Waals surface area contributed by atoms with E-state index in [9.17, 15) is 4.79 Å². The lowest BCUT2D eigenvalue weighted by Gasteiger charge is -2.36. The number of aromatic nitrogens is 2. The van der Waals surface area contributed by atoms with E-state index < -0.39 is 0 Å². The highest BCUT2D eigenvalue weighted by molar-refractivity contribution is 5.94. The number of amides is 1. The van der Waals surface area contributed by atoms with Crippen LogP contribution in [0.1, 0.15) is 55.3 Å². The molecule has 30 heavy (non-hydrogen) atoms. The van der Waals surface area contributed by atoms with Crippen molar-refractivity contribution in [1.29, 1.82) is 0 Å². The Bertz CT molecular complexity index is 844. The smallest absolute Gasteiger partial charge is 0.257 e. The molecule has 3 heterocycles. The molecule has 0 N–H and O–H groups in total. The Hall–Kier alpha value is -2.34. The Kier molecular flexibility index (Phi) is 5.75. The fraction of sp³-hybridized carbons (Fsp3) is 0.583. The van der Waals surface area contributed by atoms with Crippen LogP contribution in [0, 0.1) is 5.92 Å². The molecule has 0 bridgehead atoms. The number of piperidine rings is 1. The molecule has 3 aliphatic rings. The number of ether oxygens (including phenoxy) is 1. The topological polar surface area (TPSA) is 50.6 Å². The Morgan fingerprint density at radius 1 is 0.967 bits per heavy atom. The van der Waals surface area contributed by atoms with Gasteiger partial charge in [-0.15, -0.1) is 0 Å². The van der Waals surface area contributed by atoms with Gasteiger partial charge in [-0.25, -0.2) is 4.68 Å². The van der Waals surface area contributed by atoms with Crippen LogP contribution in [-0.2, 0) is 0 Å².